The van der Waals surface area contributed by atoms with E-state index in [0.717, 1.165) is 11.1 Å². The maximum atomic E-state index is 12.6. The van der Waals surface area contributed by atoms with Crippen LogP contribution in [-0.2, 0) is 16.1 Å². The van der Waals surface area contributed by atoms with Crippen molar-refractivity contribution in [2.24, 2.45) is 0 Å². The van der Waals surface area contributed by atoms with Gasteiger partial charge in [0, 0.05) is 6.08 Å². The van der Waals surface area contributed by atoms with Crippen LogP contribution in [0.5, 0.6) is 17.2 Å². The average molecular weight is 410 g/mol. The molecule has 0 aliphatic carbocycles. The second kappa shape index (κ2) is 10.6. The second-order valence-corrected chi connectivity index (χ2v) is 6.45. The van der Waals surface area contributed by atoms with Gasteiger partial charge in [0.1, 0.15) is 12.4 Å². The summed E-state index contributed by atoms with van der Waals surface area (Å²) in [5, 5.41) is 0. The average Bonchev–Trinajstić information content (AvgIpc) is 2.70. The number of hydrogen-bond acceptors (Lipinski definition) is 6. The quantitative estimate of drug-likeness (QED) is 0.337. The van der Waals surface area contributed by atoms with Crippen LogP contribution in [0, 0.1) is 0 Å². The SMILES string of the molecule is COC(=O)/C=C/c1ccc(OCc2ccc(SC(F)F)c(OC)c2)c(OC)c1. The summed E-state index contributed by atoms with van der Waals surface area (Å²) in [6, 6.07) is 10.1. The maximum absolute atomic E-state index is 12.6. The van der Waals surface area contributed by atoms with Crippen LogP contribution in [0.4, 0.5) is 8.78 Å². The molecule has 0 heterocycles. The van der Waals surface area contributed by atoms with E-state index in [1.807, 2.05) is 0 Å². The number of rotatable bonds is 9. The lowest BCUT2D eigenvalue weighted by Gasteiger charge is -2.13. The van der Waals surface area contributed by atoms with E-state index in [4.69, 9.17) is 14.2 Å². The summed E-state index contributed by atoms with van der Waals surface area (Å²) in [5.41, 5.74) is 1.50. The van der Waals surface area contributed by atoms with Gasteiger partial charge in [-0.1, -0.05) is 23.9 Å². The van der Waals surface area contributed by atoms with E-state index in [-0.39, 0.29) is 6.61 Å². The topological polar surface area (TPSA) is 54.0 Å². The molecule has 0 spiro atoms. The van der Waals surface area contributed by atoms with E-state index in [1.54, 1.807) is 42.5 Å². The highest BCUT2D eigenvalue weighted by Gasteiger charge is 2.12. The van der Waals surface area contributed by atoms with Crippen molar-refractivity contribution in [2.45, 2.75) is 17.3 Å². The monoisotopic (exact) mass is 410 g/mol. The molecular formula is C20H20F2O5S. The molecule has 2 rings (SSSR count). The molecule has 0 saturated heterocycles. The van der Waals surface area contributed by atoms with Gasteiger partial charge in [0.15, 0.2) is 11.5 Å². The Bertz CT molecular complexity index is 839. The van der Waals surface area contributed by atoms with E-state index in [9.17, 15) is 13.6 Å². The summed E-state index contributed by atoms with van der Waals surface area (Å²) in [4.78, 5) is 11.5. The van der Waals surface area contributed by atoms with Gasteiger partial charge >= 0.3 is 5.97 Å². The molecule has 0 N–H and O–H groups in total. The van der Waals surface area contributed by atoms with Gasteiger partial charge in [-0.2, -0.15) is 8.78 Å². The molecule has 0 saturated carbocycles. The van der Waals surface area contributed by atoms with Crippen LogP contribution >= 0.6 is 11.8 Å². The molecule has 8 heteroatoms. The number of hydrogen-bond donors (Lipinski definition) is 0. The minimum atomic E-state index is -2.52. The number of carbonyl (C=O) groups is 1. The van der Waals surface area contributed by atoms with Crippen LogP contribution in [0.1, 0.15) is 11.1 Å². The summed E-state index contributed by atoms with van der Waals surface area (Å²) in [6.45, 7) is 0.198. The van der Waals surface area contributed by atoms with Crippen molar-refractivity contribution in [2.75, 3.05) is 21.3 Å². The van der Waals surface area contributed by atoms with Gasteiger partial charge in [-0.05, 0) is 41.5 Å². The Hall–Kier alpha value is -2.74. The first-order valence-corrected chi connectivity index (χ1v) is 9.03. The largest absolute Gasteiger partial charge is 0.496 e. The first-order valence-electron chi connectivity index (χ1n) is 8.15. The molecule has 150 valence electrons. The predicted molar refractivity (Wildman–Crippen MR) is 103 cm³/mol. The molecule has 5 nitrogen and oxygen atoms in total. The number of ether oxygens (including phenoxy) is 4. The van der Waals surface area contributed by atoms with E-state index >= 15 is 0 Å². The van der Waals surface area contributed by atoms with E-state index in [0.29, 0.717) is 33.9 Å². The molecule has 0 bridgehead atoms. The Morgan fingerprint density at radius 1 is 1.04 bits per heavy atom. The summed E-state index contributed by atoms with van der Waals surface area (Å²) in [7, 11) is 4.24. The van der Waals surface area contributed by atoms with Gasteiger partial charge in [-0.15, -0.1) is 0 Å². The van der Waals surface area contributed by atoms with Crippen molar-refractivity contribution in [3.63, 3.8) is 0 Å². The van der Waals surface area contributed by atoms with Crippen LogP contribution in [0.3, 0.4) is 0 Å². The second-order valence-electron chi connectivity index (χ2n) is 5.42. The molecule has 0 unspecified atom stereocenters. The Balaban J connectivity index is 2.11. The molecule has 0 fully saturated rings. The lowest BCUT2D eigenvalue weighted by molar-refractivity contribution is -0.134. The minimum absolute atomic E-state index is 0.198. The Morgan fingerprint density at radius 2 is 1.79 bits per heavy atom. The van der Waals surface area contributed by atoms with Crippen molar-refractivity contribution in [1.82, 2.24) is 0 Å². The van der Waals surface area contributed by atoms with Crippen LogP contribution in [-0.4, -0.2) is 33.1 Å². The number of methoxy groups -OCH3 is 3. The van der Waals surface area contributed by atoms with Crippen molar-refractivity contribution < 1.29 is 32.5 Å². The number of thioether (sulfide) groups is 1. The molecule has 0 radical (unpaired) electrons. The number of benzene rings is 2. The zero-order chi connectivity index (χ0) is 20.5. The van der Waals surface area contributed by atoms with Crippen molar-refractivity contribution in [3.05, 3.63) is 53.6 Å². The van der Waals surface area contributed by atoms with E-state index in [1.165, 1.54) is 27.4 Å². The predicted octanol–water partition coefficient (Wildman–Crippen LogP) is 4.78. The minimum Gasteiger partial charge on any atom is -0.496 e. The van der Waals surface area contributed by atoms with Crippen LogP contribution in [0.15, 0.2) is 47.4 Å². The van der Waals surface area contributed by atoms with Crippen molar-refractivity contribution in [1.29, 1.82) is 0 Å². The van der Waals surface area contributed by atoms with Gasteiger partial charge in [0.2, 0.25) is 0 Å². The Labute approximate surface area is 166 Å². The lowest BCUT2D eigenvalue weighted by Crippen LogP contribution is -1.99. The van der Waals surface area contributed by atoms with Gasteiger partial charge in [-0.25, -0.2) is 4.79 Å². The summed E-state index contributed by atoms with van der Waals surface area (Å²) in [5.74, 6) is -1.62. The van der Waals surface area contributed by atoms with E-state index < -0.39 is 11.7 Å². The summed E-state index contributed by atoms with van der Waals surface area (Å²) >= 11 is 0.430. The van der Waals surface area contributed by atoms with Crippen LogP contribution in [0.25, 0.3) is 6.08 Å². The van der Waals surface area contributed by atoms with Crippen molar-refractivity contribution in [3.8, 4) is 17.2 Å². The fraction of sp³-hybridized carbons (Fsp3) is 0.250. The summed E-state index contributed by atoms with van der Waals surface area (Å²) in [6.07, 6.45) is 2.91. The van der Waals surface area contributed by atoms with Crippen LogP contribution in [0.2, 0.25) is 0 Å². The third-order valence-corrected chi connectivity index (χ3v) is 4.41. The first-order chi connectivity index (χ1) is 13.5. The number of carbonyl (C=O) groups excluding carboxylic acids is 1. The van der Waals surface area contributed by atoms with Gasteiger partial charge in [-0.3, -0.25) is 0 Å². The molecule has 2 aromatic rings. The third-order valence-electron chi connectivity index (χ3n) is 3.64. The maximum Gasteiger partial charge on any atom is 0.330 e. The van der Waals surface area contributed by atoms with Gasteiger partial charge in [0.25, 0.3) is 5.76 Å². The van der Waals surface area contributed by atoms with Crippen LogP contribution < -0.4 is 14.2 Å². The fourth-order valence-corrected chi connectivity index (χ4v) is 2.89. The normalized spacial score (nSPS) is 10.9. The Kier molecular flexibility index (Phi) is 8.13. The smallest absolute Gasteiger partial charge is 0.330 e. The number of alkyl halides is 2. The molecule has 0 amide bonds. The highest BCUT2D eigenvalue weighted by Crippen LogP contribution is 2.35. The van der Waals surface area contributed by atoms with Gasteiger partial charge < -0.3 is 18.9 Å². The standard InChI is InChI=1S/C20H20F2O5S/c1-24-16-10-13(6-9-19(23)26-3)4-7-15(16)27-12-14-5-8-18(28-20(21)22)17(11-14)25-2/h4-11,20H,12H2,1-3H3/b9-6+. The Morgan fingerprint density at radius 3 is 2.43 bits per heavy atom. The highest BCUT2D eigenvalue weighted by molar-refractivity contribution is 7.99. The number of halogens is 2. The molecule has 0 aliphatic rings. The van der Waals surface area contributed by atoms with Crippen molar-refractivity contribution >= 4 is 23.8 Å². The molecule has 2 aromatic carbocycles. The number of esters is 1. The molecule has 0 aromatic heterocycles. The highest BCUT2D eigenvalue weighted by atomic mass is 32.2. The molecular weight excluding hydrogens is 390 g/mol. The first kappa shape index (κ1) is 21.6. The molecule has 0 atom stereocenters. The lowest BCUT2D eigenvalue weighted by atomic mass is 10.2. The zero-order valence-electron chi connectivity index (χ0n) is 15.6. The zero-order valence-corrected chi connectivity index (χ0v) is 16.4. The third kappa shape index (κ3) is 6.16. The molecule has 28 heavy (non-hydrogen) atoms. The molecule has 0 aliphatic heterocycles. The fourth-order valence-electron chi connectivity index (χ4n) is 2.30. The van der Waals surface area contributed by atoms with E-state index in [2.05, 4.69) is 4.74 Å². The summed E-state index contributed by atoms with van der Waals surface area (Å²) < 4.78 is 46.0. The van der Waals surface area contributed by atoms with Gasteiger partial charge in [0.05, 0.1) is 26.2 Å².